The van der Waals surface area contributed by atoms with Gasteiger partial charge < -0.3 is 20.3 Å². The number of unbranched alkanes of at least 4 members (excludes halogenated alkanes) is 3. The van der Waals surface area contributed by atoms with E-state index in [1.165, 1.54) is 5.56 Å². The van der Waals surface area contributed by atoms with Gasteiger partial charge in [0.2, 0.25) is 0 Å². The molecule has 0 unspecified atom stereocenters. The fourth-order valence-electron chi connectivity index (χ4n) is 3.64. The summed E-state index contributed by atoms with van der Waals surface area (Å²) in [5.41, 5.74) is 0.802. The molecule has 0 radical (unpaired) electrons. The Morgan fingerprint density at radius 3 is 2.52 bits per heavy atom. The number of nitrogens with one attached hydrogen (secondary N) is 2. The predicted molar refractivity (Wildman–Crippen MR) is 128 cm³/mol. The number of hydrogen-bond acceptors (Lipinski definition) is 5. The van der Waals surface area contributed by atoms with Gasteiger partial charge in [-0.2, -0.15) is 0 Å². The second kappa shape index (κ2) is 12.5. The average molecular weight is 432 g/mol. The number of carbonyl (C=O) groups is 1. The number of guanidine groups is 1. The Balaban J connectivity index is 1.56. The van der Waals surface area contributed by atoms with E-state index in [4.69, 9.17) is 4.74 Å². The maximum Gasteiger partial charge on any atom is 0.306 e. The standard InChI is InChI=1S/C24H41N5O2/c1-19-11-12-21(27-18-19)29-16-13-20(14-17-29)28-23(25-5)26-15-9-7-6-8-10-22(30)31-24(2,3)4/h11-12,18,20H,6-10,13-17H2,1-5H3,(H2,25,26,28). The van der Waals surface area contributed by atoms with Crippen molar-refractivity contribution >= 4 is 17.7 Å². The zero-order valence-corrected chi connectivity index (χ0v) is 20.0. The molecule has 1 aliphatic rings. The number of carbonyl (C=O) groups excluding carboxylic acids is 1. The Labute approximate surface area is 188 Å². The summed E-state index contributed by atoms with van der Waals surface area (Å²) in [5, 5.41) is 6.97. The first-order valence-electron chi connectivity index (χ1n) is 11.6. The highest BCUT2D eigenvalue weighted by atomic mass is 16.6. The van der Waals surface area contributed by atoms with Crippen LogP contribution in [0.15, 0.2) is 23.3 Å². The molecule has 0 atom stereocenters. The van der Waals surface area contributed by atoms with E-state index < -0.39 is 5.60 Å². The van der Waals surface area contributed by atoms with Gasteiger partial charge in [0.15, 0.2) is 5.96 Å². The number of aliphatic imine (C=N–C) groups is 1. The molecule has 1 aliphatic heterocycles. The third kappa shape index (κ3) is 10.0. The van der Waals surface area contributed by atoms with E-state index in [9.17, 15) is 4.79 Å². The molecular formula is C24H41N5O2. The largest absolute Gasteiger partial charge is 0.460 e. The van der Waals surface area contributed by atoms with Crippen molar-refractivity contribution in [2.24, 2.45) is 4.99 Å². The van der Waals surface area contributed by atoms with Gasteiger partial charge in [-0.15, -0.1) is 0 Å². The Morgan fingerprint density at radius 1 is 1.19 bits per heavy atom. The van der Waals surface area contributed by atoms with Crippen LogP contribution in [0.1, 0.15) is 71.3 Å². The average Bonchev–Trinajstić information content (AvgIpc) is 2.72. The van der Waals surface area contributed by atoms with Crippen LogP contribution in [0.25, 0.3) is 0 Å². The first kappa shape index (κ1) is 25.0. The summed E-state index contributed by atoms with van der Waals surface area (Å²) in [6.07, 6.45) is 8.66. The molecule has 1 saturated heterocycles. The van der Waals surface area contributed by atoms with Crippen LogP contribution in [-0.4, -0.2) is 55.2 Å². The van der Waals surface area contributed by atoms with Crippen molar-refractivity contribution in [3.8, 4) is 0 Å². The van der Waals surface area contributed by atoms with E-state index in [0.717, 1.165) is 69.9 Å². The first-order chi connectivity index (χ1) is 14.8. The van der Waals surface area contributed by atoms with Gasteiger partial charge in [0.25, 0.3) is 0 Å². The van der Waals surface area contributed by atoms with E-state index in [-0.39, 0.29) is 5.97 Å². The highest BCUT2D eigenvalue weighted by molar-refractivity contribution is 5.79. The number of esters is 1. The second-order valence-electron chi connectivity index (χ2n) is 9.35. The number of nitrogens with zero attached hydrogens (tertiary/aromatic N) is 3. The van der Waals surface area contributed by atoms with Crippen LogP contribution < -0.4 is 15.5 Å². The Hall–Kier alpha value is -2.31. The summed E-state index contributed by atoms with van der Waals surface area (Å²) in [6, 6.07) is 4.66. The lowest BCUT2D eigenvalue weighted by Gasteiger charge is -2.33. The zero-order valence-electron chi connectivity index (χ0n) is 20.0. The van der Waals surface area contributed by atoms with Crippen LogP contribution in [-0.2, 0) is 9.53 Å². The summed E-state index contributed by atoms with van der Waals surface area (Å²) in [5.74, 6) is 1.85. The van der Waals surface area contributed by atoms with Crippen molar-refractivity contribution in [3.05, 3.63) is 23.9 Å². The molecule has 174 valence electrons. The number of ether oxygens (including phenoxy) is 1. The highest BCUT2D eigenvalue weighted by Crippen LogP contribution is 2.18. The van der Waals surface area contributed by atoms with Gasteiger partial charge in [-0.05, 0) is 65.0 Å². The summed E-state index contributed by atoms with van der Waals surface area (Å²) < 4.78 is 5.34. The predicted octanol–water partition coefficient (Wildman–Crippen LogP) is 3.82. The molecule has 2 N–H and O–H groups in total. The Morgan fingerprint density at radius 2 is 1.90 bits per heavy atom. The fourth-order valence-corrected chi connectivity index (χ4v) is 3.64. The molecule has 0 spiro atoms. The van der Waals surface area contributed by atoms with Crippen LogP contribution in [0.2, 0.25) is 0 Å². The van der Waals surface area contributed by atoms with Crippen LogP contribution in [0, 0.1) is 6.92 Å². The molecule has 1 aromatic heterocycles. The van der Waals surface area contributed by atoms with Gasteiger partial charge in [-0.3, -0.25) is 9.79 Å². The van der Waals surface area contributed by atoms with Crippen molar-refractivity contribution in [3.63, 3.8) is 0 Å². The number of piperidine rings is 1. The molecule has 7 heteroatoms. The molecule has 1 fully saturated rings. The molecule has 0 aromatic carbocycles. The van der Waals surface area contributed by atoms with Crippen molar-refractivity contribution in [2.45, 2.75) is 84.3 Å². The zero-order chi connectivity index (χ0) is 22.7. The first-order valence-corrected chi connectivity index (χ1v) is 11.6. The van der Waals surface area contributed by atoms with Crippen LogP contribution in [0.4, 0.5) is 5.82 Å². The third-order valence-corrected chi connectivity index (χ3v) is 5.30. The van der Waals surface area contributed by atoms with Crippen molar-refractivity contribution in [1.29, 1.82) is 0 Å². The molecule has 2 rings (SSSR count). The van der Waals surface area contributed by atoms with Crippen molar-refractivity contribution in [1.82, 2.24) is 15.6 Å². The van der Waals surface area contributed by atoms with Gasteiger partial charge in [0.1, 0.15) is 11.4 Å². The maximum atomic E-state index is 11.7. The lowest BCUT2D eigenvalue weighted by Crippen LogP contribution is -2.49. The van der Waals surface area contributed by atoms with Gasteiger partial charge in [0, 0.05) is 45.3 Å². The van der Waals surface area contributed by atoms with Gasteiger partial charge >= 0.3 is 5.97 Å². The molecule has 0 bridgehead atoms. The maximum absolute atomic E-state index is 11.7. The summed E-state index contributed by atoms with van der Waals surface area (Å²) in [7, 11) is 1.82. The lowest BCUT2D eigenvalue weighted by atomic mass is 10.1. The van der Waals surface area contributed by atoms with Gasteiger partial charge in [-0.1, -0.05) is 18.9 Å². The number of hydrogen-bond donors (Lipinski definition) is 2. The molecular weight excluding hydrogens is 390 g/mol. The van der Waals surface area contributed by atoms with E-state index in [0.29, 0.717) is 12.5 Å². The Kier molecular flexibility index (Phi) is 10.1. The minimum Gasteiger partial charge on any atom is -0.460 e. The number of rotatable bonds is 9. The second-order valence-corrected chi connectivity index (χ2v) is 9.35. The number of pyridine rings is 1. The van der Waals surface area contributed by atoms with E-state index in [1.54, 1.807) is 0 Å². The molecule has 0 amide bonds. The topological polar surface area (TPSA) is 78.8 Å². The number of aryl methyl sites for hydroxylation is 1. The smallest absolute Gasteiger partial charge is 0.306 e. The summed E-state index contributed by atoms with van der Waals surface area (Å²) >= 11 is 0. The third-order valence-electron chi connectivity index (χ3n) is 5.30. The number of anilines is 1. The van der Waals surface area contributed by atoms with Crippen molar-refractivity contribution < 1.29 is 9.53 Å². The van der Waals surface area contributed by atoms with E-state index >= 15 is 0 Å². The SMILES string of the molecule is CN=C(NCCCCCCC(=O)OC(C)(C)C)NC1CCN(c2ccc(C)cn2)CC1. The van der Waals surface area contributed by atoms with Crippen molar-refractivity contribution in [2.75, 3.05) is 31.6 Å². The Bertz CT molecular complexity index is 689. The molecule has 1 aromatic rings. The monoisotopic (exact) mass is 431 g/mol. The normalized spacial score (nSPS) is 15.6. The summed E-state index contributed by atoms with van der Waals surface area (Å²) in [4.78, 5) is 23.0. The van der Waals surface area contributed by atoms with Crippen LogP contribution >= 0.6 is 0 Å². The molecule has 0 saturated carbocycles. The molecule has 2 heterocycles. The van der Waals surface area contributed by atoms with Crippen LogP contribution in [0.5, 0.6) is 0 Å². The quantitative estimate of drug-likeness (QED) is 0.268. The molecule has 31 heavy (non-hydrogen) atoms. The minimum atomic E-state index is -0.391. The van der Waals surface area contributed by atoms with E-state index in [1.807, 2.05) is 34.0 Å². The molecule has 7 nitrogen and oxygen atoms in total. The van der Waals surface area contributed by atoms with Gasteiger partial charge in [-0.25, -0.2) is 4.98 Å². The lowest BCUT2D eigenvalue weighted by molar-refractivity contribution is -0.154. The summed E-state index contributed by atoms with van der Waals surface area (Å²) in [6.45, 7) is 10.7. The van der Waals surface area contributed by atoms with Gasteiger partial charge in [0.05, 0.1) is 0 Å². The van der Waals surface area contributed by atoms with Crippen LogP contribution in [0.3, 0.4) is 0 Å². The molecule has 0 aliphatic carbocycles. The highest BCUT2D eigenvalue weighted by Gasteiger charge is 2.20. The minimum absolute atomic E-state index is 0.0977. The van der Waals surface area contributed by atoms with E-state index in [2.05, 4.69) is 44.6 Å². The number of aromatic nitrogens is 1. The fraction of sp³-hybridized carbons (Fsp3) is 0.708.